The molecule has 0 aromatic heterocycles. The van der Waals surface area contributed by atoms with Crippen LogP contribution in [0.25, 0.3) is 5.57 Å². The summed E-state index contributed by atoms with van der Waals surface area (Å²) in [6.07, 6.45) is 2.93. The maximum atomic E-state index is 13.9. The molecule has 112 valence electrons. The lowest BCUT2D eigenvalue weighted by Crippen LogP contribution is -2.32. The zero-order valence-corrected chi connectivity index (χ0v) is 12.3. The van der Waals surface area contributed by atoms with Crippen LogP contribution in [0.2, 0.25) is 0 Å². The fourth-order valence-electron chi connectivity index (χ4n) is 3.24. The van der Waals surface area contributed by atoms with Crippen molar-refractivity contribution in [1.82, 2.24) is 0 Å². The number of carboxylic acid groups (broad SMARTS) is 1. The largest absolute Gasteiger partial charge is 0.480 e. The fourth-order valence-corrected chi connectivity index (χ4v) is 3.24. The van der Waals surface area contributed by atoms with E-state index in [0.29, 0.717) is 24.0 Å². The van der Waals surface area contributed by atoms with Gasteiger partial charge in [-0.3, -0.25) is 4.79 Å². The number of aliphatic carboxylic acids is 1. The van der Waals surface area contributed by atoms with Gasteiger partial charge in [0.25, 0.3) is 0 Å². The summed E-state index contributed by atoms with van der Waals surface area (Å²) in [7, 11) is 0. The predicted molar refractivity (Wildman–Crippen MR) is 84.1 cm³/mol. The summed E-state index contributed by atoms with van der Waals surface area (Å²) in [5.41, 5.74) is 1.85. The van der Waals surface area contributed by atoms with Gasteiger partial charge in [-0.25, -0.2) is 4.39 Å². The van der Waals surface area contributed by atoms with Crippen LogP contribution in [0.3, 0.4) is 0 Å². The van der Waals surface area contributed by atoms with Crippen molar-refractivity contribution in [2.75, 3.05) is 0 Å². The Bertz CT molecular complexity index is 749. The summed E-state index contributed by atoms with van der Waals surface area (Å²) in [5, 5.41) is 9.83. The summed E-state index contributed by atoms with van der Waals surface area (Å²) in [6, 6.07) is 14.4. The van der Waals surface area contributed by atoms with Crippen molar-refractivity contribution >= 4 is 11.5 Å². The van der Waals surface area contributed by atoms with Crippen LogP contribution in [-0.4, -0.2) is 11.1 Å². The molecule has 1 atom stereocenters. The van der Waals surface area contributed by atoms with Crippen molar-refractivity contribution in [3.63, 3.8) is 0 Å². The SMILES string of the molecule is Cc1c(F)cccc1[C@@]1(C(=O)O)C=C(c2ccccc2)CC1. The van der Waals surface area contributed by atoms with E-state index in [4.69, 9.17) is 0 Å². The lowest BCUT2D eigenvalue weighted by molar-refractivity contribution is -0.141. The predicted octanol–water partition coefficient (Wildman–Crippen LogP) is 4.33. The summed E-state index contributed by atoms with van der Waals surface area (Å²) in [5.74, 6) is -1.29. The highest BCUT2D eigenvalue weighted by molar-refractivity contribution is 5.90. The molecule has 0 spiro atoms. The highest BCUT2D eigenvalue weighted by atomic mass is 19.1. The molecule has 3 rings (SSSR count). The molecule has 0 unspecified atom stereocenters. The Hall–Kier alpha value is -2.42. The first-order valence-corrected chi connectivity index (χ1v) is 7.31. The van der Waals surface area contributed by atoms with E-state index in [1.807, 2.05) is 30.3 Å². The van der Waals surface area contributed by atoms with Gasteiger partial charge in [-0.1, -0.05) is 48.5 Å². The summed E-state index contributed by atoms with van der Waals surface area (Å²) >= 11 is 0. The third-order valence-electron chi connectivity index (χ3n) is 4.48. The quantitative estimate of drug-likeness (QED) is 0.915. The van der Waals surface area contributed by atoms with Crippen LogP contribution in [0.15, 0.2) is 54.6 Å². The van der Waals surface area contributed by atoms with Gasteiger partial charge >= 0.3 is 5.97 Å². The Balaban J connectivity index is 2.14. The Labute approximate surface area is 128 Å². The molecule has 2 nitrogen and oxygen atoms in total. The molecule has 2 aromatic rings. The molecule has 1 aliphatic carbocycles. The average molecular weight is 296 g/mol. The molecule has 0 aliphatic heterocycles. The molecule has 0 bridgehead atoms. The molecule has 0 saturated heterocycles. The van der Waals surface area contributed by atoms with Gasteiger partial charge in [0.2, 0.25) is 0 Å². The highest BCUT2D eigenvalue weighted by Crippen LogP contribution is 2.44. The molecule has 0 amide bonds. The van der Waals surface area contributed by atoms with Crippen molar-refractivity contribution in [3.05, 3.63) is 77.1 Å². The van der Waals surface area contributed by atoms with Gasteiger partial charge in [0.15, 0.2) is 0 Å². The zero-order chi connectivity index (χ0) is 15.7. The Morgan fingerprint density at radius 2 is 1.86 bits per heavy atom. The maximum absolute atomic E-state index is 13.9. The normalized spacial score (nSPS) is 20.7. The van der Waals surface area contributed by atoms with E-state index in [-0.39, 0.29) is 5.82 Å². The second kappa shape index (κ2) is 5.41. The number of allylic oxidation sites excluding steroid dienone is 1. The topological polar surface area (TPSA) is 37.3 Å². The number of halogens is 1. The van der Waals surface area contributed by atoms with E-state index in [1.165, 1.54) is 6.07 Å². The Kier molecular flexibility index (Phi) is 3.57. The molecule has 1 N–H and O–H groups in total. The van der Waals surface area contributed by atoms with Gasteiger partial charge in [-0.15, -0.1) is 0 Å². The second-order valence-electron chi connectivity index (χ2n) is 5.72. The van der Waals surface area contributed by atoms with E-state index < -0.39 is 11.4 Å². The first kappa shape index (κ1) is 14.5. The number of rotatable bonds is 3. The van der Waals surface area contributed by atoms with Crippen LogP contribution in [0.4, 0.5) is 4.39 Å². The second-order valence-corrected chi connectivity index (χ2v) is 5.72. The molecule has 0 saturated carbocycles. The van der Waals surface area contributed by atoms with Crippen molar-refractivity contribution < 1.29 is 14.3 Å². The molecular formula is C19H17FO2. The third kappa shape index (κ3) is 2.23. The van der Waals surface area contributed by atoms with E-state index >= 15 is 0 Å². The lowest BCUT2D eigenvalue weighted by Gasteiger charge is -2.24. The maximum Gasteiger partial charge on any atom is 0.318 e. The van der Waals surface area contributed by atoms with Crippen LogP contribution >= 0.6 is 0 Å². The smallest absolute Gasteiger partial charge is 0.318 e. The number of benzene rings is 2. The molecule has 1 aliphatic rings. The number of carbonyl (C=O) groups is 1. The van der Waals surface area contributed by atoms with Crippen LogP contribution in [0, 0.1) is 12.7 Å². The minimum absolute atomic E-state index is 0.361. The molecule has 0 fully saturated rings. The summed E-state index contributed by atoms with van der Waals surface area (Å²) < 4.78 is 13.9. The fraction of sp³-hybridized carbons (Fsp3) is 0.211. The van der Waals surface area contributed by atoms with Crippen LogP contribution in [0.1, 0.15) is 29.5 Å². The summed E-state index contributed by atoms with van der Waals surface area (Å²) in [6.45, 7) is 1.64. The van der Waals surface area contributed by atoms with E-state index in [2.05, 4.69) is 0 Å². The molecular weight excluding hydrogens is 279 g/mol. The minimum Gasteiger partial charge on any atom is -0.480 e. The van der Waals surface area contributed by atoms with Gasteiger partial charge in [0, 0.05) is 0 Å². The molecule has 0 radical (unpaired) electrons. The van der Waals surface area contributed by atoms with Crippen LogP contribution in [0.5, 0.6) is 0 Å². The van der Waals surface area contributed by atoms with Crippen LogP contribution in [-0.2, 0) is 10.2 Å². The van der Waals surface area contributed by atoms with Gasteiger partial charge in [0.05, 0.1) is 0 Å². The molecule has 22 heavy (non-hydrogen) atoms. The standard InChI is InChI=1S/C19H17FO2/c1-13-16(8-5-9-17(13)20)19(18(21)22)11-10-15(12-19)14-6-3-2-4-7-14/h2-9,12H,10-11H2,1H3,(H,21,22)/t19-/m0/s1. The number of hydrogen-bond acceptors (Lipinski definition) is 1. The van der Waals surface area contributed by atoms with E-state index in [0.717, 1.165) is 11.1 Å². The molecule has 3 heteroatoms. The van der Waals surface area contributed by atoms with Crippen molar-refractivity contribution in [3.8, 4) is 0 Å². The lowest BCUT2D eigenvalue weighted by atomic mass is 9.78. The zero-order valence-electron chi connectivity index (χ0n) is 12.3. The summed E-state index contributed by atoms with van der Waals surface area (Å²) in [4.78, 5) is 12.0. The average Bonchev–Trinajstić information content (AvgIpc) is 2.97. The highest BCUT2D eigenvalue weighted by Gasteiger charge is 2.43. The van der Waals surface area contributed by atoms with Gasteiger partial charge in [-0.2, -0.15) is 0 Å². The Morgan fingerprint density at radius 3 is 2.55 bits per heavy atom. The van der Waals surface area contributed by atoms with Crippen molar-refractivity contribution in [2.24, 2.45) is 0 Å². The molecule has 2 aromatic carbocycles. The van der Waals surface area contributed by atoms with E-state index in [9.17, 15) is 14.3 Å². The van der Waals surface area contributed by atoms with Crippen molar-refractivity contribution in [2.45, 2.75) is 25.2 Å². The Morgan fingerprint density at radius 1 is 1.14 bits per heavy atom. The van der Waals surface area contributed by atoms with E-state index in [1.54, 1.807) is 25.1 Å². The van der Waals surface area contributed by atoms with Gasteiger partial charge in [0.1, 0.15) is 11.2 Å². The first-order chi connectivity index (χ1) is 10.5. The third-order valence-corrected chi connectivity index (χ3v) is 4.48. The monoisotopic (exact) mass is 296 g/mol. The first-order valence-electron chi connectivity index (χ1n) is 7.31. The minimum atomic E-state index is -1.14. The van der Waals surface area contributed by atoms with Gasteiger partial charge in [-0.05, 0) is 48.1 Å². The molecule has 0 heterocycles. The van der Waals surface area contributed by atoms with Gasteiger partial charge < -0.3 is 5.11 Å². The number of hydrogen-bond donors (Lipinski definition) is 1. The van der Waals surface area contributed by atoms with Crippen molar-refractivity contribution in [1.29, 1.82) is 0 Å². The number of carboxylic acids is 1. The van der Waals surface area contributed by atoms with Crippen LogP contribution < -0.4 is 0 Å².